The predicted molar refractivity (Wildman–Crippen MR) is 375 cm³/mol. The van der Waals surface area contributed by atoms with Gasteiger partial charge in [-0.25, -0.2) is 0 Å². The maximum absolute atomic E-state index is 2.63. The quantitative estimate of drug-likeness (QED) is 0.146. The molecule has 0 amide bonds. The number of hydrogen-bond acceptors (Lipinski definition) is 0. The molecule has 0 aliphatic heterocycles. The summed E-state index contributed by atoms with van der Waals surface area (Å²) in [6.07, 6.45) is 18.0. The molecule has 0 aromatic heterocycles. The van der Waals surface area contributed by atoms with Gasteiger partial charge in [-0.3, -0.25) is 0 Å². The summed E-state index contributed by atoms with van der Waals surface area (Å²) in [5.74, 6) is 0. The third kappa shape index (κ3) is 8.52. The fourth-order valence-electron chi connectivity index (χ4n) is 15.1. The normalized spacial score (nSPS) is 14.6. The highest BCUT2D eigenvalue weighted by atomic mass is 14.4. The lowest BCUT2D eigenvalue weighted by molar-refractivity contribution is 0.568. The highest BCUT2D eigenvalue weighted by Gasteiger charge is 2.37. The molecule has 0 radical (unpaired) electrons. The molecule has 0 fully saturated rings. The van der Waals surface area contributed by atoms with Crippen molar-refractivity contribution < 1.29 is 0 Å². The molecule has 0 heterocycles. The lowest BCUT2D eigenvalue weighted by atomic mass is 9.76. The van der Waals surface area contributed by atoms with Gasteiger partial charge in [0.15, 0.2) is 0 Å². The molecular weight excluding hydrogens is 1030 g/mol. The molecule has 422 valence electrons. The summed E-state index contributed by atoms with van der Waals surface area (Å²) in [6, 6.07) is 67.6. The van der Waals surface area contributed by atoms with Crippen LogP contribution in [0.3, 0.4) is 0 Å². The lowest BCUT2D eigenvalue weighted by Crippen LogP contribution is -2.16. The number of benzene rings is 11. The van der Waals surface area contributed by atoms with Crippen LogP contribution in [-0.2, 0) is 21.7 Å². The Morgan fingerprint density at radius 2 is 0.570 bits per heavy atom. The van der Waals surface area contributed by atoms with E-state index in [2.05, 4.69) is 289 Å². The molecular formula is C86H78. The van der Waals surface area contributed by atoms with Crippen molar-refractivity contribution in [1.29, 1.82) is 0 Å². The van der Waals surface area contributed by atoms with Crippen LogP contribution >= 0.6 is 0 Å². The largest absolute Gasteiger partial charge is 0.0842 e. The first kappa shape index (κ1) is 54.1. The smallest absolute Gasteiger partial charge is 0.000718 e. The Hall–Kier alpha value is -8.58. The molecule has 4 aliphatic rings. The molecule has 0 nitrogen and oxygen atoms in total. The average Bonchev–Trinajstić information content (AvgIpc) is 1.50. The SMILES string of the molecule is CC(C)(C)c1cc(-c2c3ccccc3c(-c3cc(C(C)(C)C)cc(C(C)(C)C)c3)c3cc4c(cc23)-c2ccc3c5c(ccc-4c25)-c2c-3c(-c3ccccc3C3=CC=CCC3)c3ccccc3c2-c2ccccc2C2=CC=CCC2)cc(C(C)(C)C)c1. The van der Waals surface area contributed by atoms with E-state index in [0.29, 0.717) is 0 Å². The zero-order valence-electron chi connectivity index (χ0n) is 52.5. The molecule has 11 aromatic carbocycles. The molecule has 0 unspecified atom stereocenters. The van der Waals surface area contributed by atoms with Crippen LogP contribution in [0.2, 0.25) is 0 Å². The van der Waals surface area contributed by atoms with Gasteiger partial charge in [-0.05, 0) is 236 Å². The van der Waals surface area contributed by atoms with Crippen molar-refractivity contribution in [3.8, 4) is 89.0 Å². The first-order chi connectivity index (χ1) is 41.2. The highest BCUT2D eigenvalue weighted by molar-refractivity contribution is 6.34. The van der Waals surface area contributed by atoms with Gasteiger partial charge in [-0.1, -0.05) is 277 Å². The second-order valence-corrected chi connectivity index (χ2v) is 29.4. The summed E-state index contributed by atoms with van der Waals surface area (Å²) in [7, 11) is 0. The van der Waals surface area contributed by atoms with Gasteiger partial charge in [0.1, 0.15) is 0 Å². The Morgan fingerprint density at radius 3 is 0.907 bits per heavy atom. The van der Waals surface area contributed by atoms with E-state index in [9.17, 15) is 0 Å². The van der Waals surface area contributed by atoms with Gasteiger partial charge in [-0.2, -0.15) is 0 Å². The Bertz CT molecular complexity index is 4500. The van der Waals surface area contributed by atoms with Crippen molar-refractivity contribution in [3.05, 3.63) is 240 Å². The molecule has 0 bridgehead atoms. The number of rotatable bonds is 6. The molecule has 0 saturated heterocycles. The summed E-state index contributed by atoms with van der Waals surface area (Å²) in [5, 5.41) is 10.5. The van der Waals surface area contributed by atoms with Gasteiger partial charge in [0, 0.05) is 0 Å². The standard InChI is InChI=1S/C86H78/c1-83(2,3)55-43-53(44-56(47-55)84(4,5)6)75-63-35-23-24-36-64(63)76(54-45-57(85(7,8)9)48-58(46-54)86(10,11)12)74-50-72-68-40-42-70-80-69(41-39-67(77(68)80)71(72)49-73(74)75)81-78(61-33-21-19-31-59(61)51-27-15-13-16-28-51)65-37-25-26-38-66(65)79(82(70)81)62-34-22-20-32-60(62)52-29-17-14-18-30-52/h13-15,17,19-27,29,31-50H,16,18,28,30H2,1-12H3. The van der Waals surface area contributed by atoms with Gasteiger partial charge < -0.3 is 0 Å². The van der Waals surface area contributed by atoms with Crippen LogP contribution < -0.4 is 0 Å². The van der Waals surface area contributed by atoms with E-state index >= 15 is 0 Å². The van der Waals surface area contributed by atoms with Crippen LogP contribution in [-0.4, -0.2) is 0 Å². The monoisotopic (exact) mass is 1110 g/mol. The molecule has 0 saturated carbocycles. The second kappa shape index (κ2) is 19.5. The van der Waals surface area contributed by atoms with Crippen LogP contribution in [0.4, 0.5) is 0 Å². The maximum Gasteiger partial charge on any atom is -0.000718 e. The van der Waals surface area contributed by atoms with E-state index in [-0.39, 0.29) is 21.7 Å². The van der Waals surface area contributed by atoms with E-state index in [1.54, 1.807) is 0 Å². The predicted octanol–water partition coefficient (Wildman–Crippen LogP) is 24.9. The van der Waals surface area contributed by atoms with Gasteiger partial charge in [0.2, 0.25) is 0 Å². The maximum atomic E-state index is 2.63. The van der Waals surface area contributed by atoms with E-state index in [1.165, 1.54) is 177 Å². The fourth-order valence-corrected chi connectivity index (χ4v) is 15.1. The van der Waals surface area contributed by atoms with Crippen molar-refractivity contribution in [2.45, 2.75) is 130 Å². The molecule has 11 aromatic rings. The minimum Gasteiger partial charge on any atom is -0.0842 e. The summed E-state index contributed by atoms with van der Waals surface area (Å²) in [4.78, 5) is 0. The van der Waals surface area contributed by atoms with Crippen LogP contribution in [0.1, 0.15) is 142 Å². The van der Waals surface area contributed by atoms with Crippen molar-refractivity contribution in [2.24, 2.45) is 0 Å². The molecule has 0 N–H and O–H groups in total. The second-order valence-electron chi connectivity index (χ2n) is 29.4. The number of hydrogen-bond donors (Lipinski definition) is 0. The van der Waals surface area contributed by atoms with Crippen molar-refractivity contribution in [3.63, 3.8) is 0 Å². The Kier molecular flexibility index (Phi) is 12.2. The Balaban J connectivity index is 1.08. The minimum absolute atomic E-state index is 0.0547. The average molecular weight is 1110 g/mol. The molecule has 0 atom stereocenters. The topological polar surface area (TPSA) is 0 Å². The molecule has 4 aliphatic carbocycles. The van der Waals surface area contributed by atoms with E-state index < -0.39 is 0 Å². The first-order valence-corrected chi connectivity index (χ1v) is 31.7. The summed E-state index contributed by atoms with van der Waals surface area (Å²) in [6.45, 7) is 28.4. The molecule has 15 rings (SSSR count). The van der Waals surface area contributed by atoms with Crippen LogP contribution in [0, 0.1) is 0 Å². The van der Waals surface area contributed by atoms with Gasteiger partial charge in [0.25, 0.3) is 0 Å². The summed E-state index contributed by atoms with van der Waals surface area (Å²) >= 11 is 0. The van der Waals surface area contributed by atoms with Gasteiger partial charge >= 0.3 is 0 Å². The van der Waals surface area contributed by atoms with Crippen molar-refractivity contribution >= 4 is 54.2 Å². The molecule has 0 spiro atoms. The van der Waals surface area contributed by atoms with Crippen LogP contribution in [0.5, 0.6) is 0 Å². The van der Waals surface area contributed by atoms with Gasteiger partial charge in [0.05, 0.1) is 0 Å². The van der Waals surface area contributed by atoms with Gasteiger partial charge in [-0.15, -0.1) is 0 Å². The first-order valence-electron chi connectivity index (χ1n) is 31.7. The number of fused-ring (bicyclic) bond motifs is 9. The van der Waals surface area contributed by atoms with Crippen LogP contribution in [0.15, 0.2) is 206 Å². The Labute approximate surface area is 510 Å². The van der Waals surface area contributed by atoms with Crippen molar-refractivity contribution in [1.82, 2.24) is 0 Å². The summed E-state index contributed by atoms with van der Waals surface area (Å²) in [5.41, 5.74) is 31.8. The third-order valence-electron chi connectivity index (χ3n) is 19.7. The zero-order chi connectivity index (χ0) is 59.3. The minimum atomic E-state index is -0.0547. The molecule has 0 heteroatoms. The van der Waals surface area contributed by atoms with E-state index in [0.717, 1.165) is 25.7 Å². The number of allylic oxidation sites excluding steroid dienone is 8. The zero-order valence-corrected chi connectivity index (χ0v) is 52.5. The highest BCUT2D eigenvalue weighted by Crippen LogP contribution is 2.63. The molecule has 86 heavy (non-hydrogen) atoms. The third-order valence-corrected chi connectivity index (χ3v) is 19.7. The van der Waals surface area contributed by atoms with E-state index in [4.69, 9.17) is 0 Å². The summed E-state index contributed by atoms with van der Waals surface area (Å²) < 4.78 is 0. The van der Waals surface area contributed by atoms with Crippen LogP contribution in [0.25, 0.3) is 143 Å². The Morgan fingerprint density at radius 1 is 0.256 bits per heavy atom. The lowest BCUT2D eigenvalue weighted by Gasteiger charge is -2.28. The fraction of sp³-hybridized carbons (Fsp3) is 0.233. The van der Waals surface area contributed by atoms with E-state index in [1.807, 2.05) is 0 Å². The van der Waals surface area contributed by atoms with Crippen molar-refractivity contribution in [2.75, 3.05) is 0 Å².